The molecule has 90 valence electrons. The van der Waals surface area contributed by atoms with Gasteiger partial charge in [0.1, 0.15) is 0 Å². The summed E-state index contributed by atoms with van der Waals surface area (Å²) < 4.78 is 6.85. The molecular weight excluding hydrogens is 204 g/mol. The highest BCUT2D eigenvalue weighted by atomic mass is 16.5. The van der Waals surface area contributed by atoms with Crippen molar-refractivity contribution in [3.8, 4) is 0 Å². The van der Waals surface area contributed by atoms with Crippen LogP contribution in [-0.4, -0.2) is 22.4 Å². The SMILES string of the molecule is CCOC(=O)C(C)Cc1c(C)nn(C)c1C. The second kappa shape index (κ2) is 5.14. The van der Waals surface area contributed by atoms with E-state index in [0.717, 1.165) is 17.0 Å². The maximum atomic E-state index is 11.5. The first-order valence-corrected chi connectivity index (χ1v) is 5.63. The molecule has 0 aromatic carbocycles. The van der Waals surface area contributed by atoms with Crippen molar-refractivity contribution in [2.75, 3.05) is 6.61 Å². The van der Waals surface area contributed by atoms with Crippen LogP contribution in [0.1, 0.15) is 30.8 Å². The molecule has 0 saturated carbocycles. The molecule has 0 fully saturated rings. The Morgan fingerprint density at radius 1 is 1.50 bits per heavy atom. The third kappa shape index (κ3) is 2.62. The van der Waals surface area contributed by atoms with Gasteiger partial charge in [0.2, 0.25) is 0 Å². The van der Waals surface area contributed by atoms with E-state index in [1.165, 1.54) is 0 Å². The quantitative estimate of drug-likeness (QED) is 0.732. The molecule has 0 aliphatic rings. The Balaban J connectivity index is 2.76. The van der Waals surface area contributed by atoms with Crippen molar-refractivity contribution in [2.24, 2.45) is 13.0 Å². The summed E-state index contributed by atoms with van der Waals surface area (Å²) in [5.74, 6) is -0.244. The first kappa shape index (κ1) is 12.7. The van der Waals surface area contributed by atoms with Gasteiger partial charge in [0.25, 0.3) is 0 Å². The van der Waals surface area contributed by atoms with Gasteiger partial charge in [-0.2, -0.15) is 5.10 Å². The average Bonchev–Trinajstić information content (AvgIpc) is 2.45. The third-order valence-corrected chi connectivity index (χ3v) is 2.86. The van der Waals surface area contributed by atoms with Gasteiger partial charge in [-0.25, -0.2) is 0 Å². The minimum atomic E-state index is -0.134. The Morgan fingerprint density at radius 2 is 2.12 bits per heavy atom. The van der Waals surface area contributed by atoms with Crippen molar-refractivity contribution in [1.82, 2.24) is 9.78 Å². The van der Waals surface area contributed by atoms with Gasteiger partial charge in [0.15, 0.2) is 0 Å². The van der Waals surface area contributed by atoms with Gasteiger partial charge in [-0.15, -0.1) is 0 Å². The highest BCUT2D eigenvalue weighted by Gasteiger charge is 2.19. The van der Waals surface area contributed by atoms with Gasteiger partial charge in [0, 0.05) is 12.7 Å². The van der Waals surface area contributed by atoms with E-state index in [1.807, 2.05) is 39.4 Å². The first-order valence-electron chi connectivity index (χ1n) is 5.63. The van der Waals surface area contributed by atoms with E-state index < -0.39 is 0 Å². The van der Waals surface area contributed by atoms with Gasteiger partial charge in [-0.3, -0.25) is 9.48 Å². The standard InChI is InChI=1S/C12H20N2O2/c1-6-16-12(15)8(2)7-11-9(3)13-14(5)10(11)4/h8H,6-7H2,1-5H3. The zero-order chi connectivity index (χ0) is 12.3. The molecule has 1 heterocycles. The fourth-order valence-corrected chi connectivity index (χ4v) is 1.79. The molecule has 1 unspecified atom stereocenters. The van der Waals surface area contributed by atoms with E-state index >= 15 is 0 Å². The summed E-state index contributed by atoms with van der Waals surface area (Å²) in [5, 5.41) is 4.33. The van der Waals surface area contributed by atoms with Crippen LogP contribution in [0.15, 0.2) is 0 Å². The maximum absolute atomic E-state index is 11.5. The Morgan fingerprint density at radius 3 is 2.56 bits per heavy atom. The van der Waals surface area contributed by atoms with E-state index in [9.17, 15) is 4.79 Å². The van der Waals surface area contributed by atoms with E-state index in [1.54, 1.807) is 0 Å². The summed E-state index contributed by atoms with van der Waals surface area (Å²) in [6, 6.07) is 0. The van der Waals surface area contributed by atoms with E-state index in [2.05, 4.69) is 5.10 Å². The molecule has 1 atom stereocenters. The van der Waals surface area contributed by atoms with Crippen LogP contribution in [0.2, 0.25) is 0 Å². The Labute approximate surface area is 96.6 Å². The third-order valence-electron chi connectivity index (χ3n) is 2.86. The number of aryl methyl sites for hydroxylation is 2. The zero-order valence-electron chi connectivity index (χ0n) is 10.7. The molecule has 0 radical (unpaired) electrons. The molecule has 0 bridgehead atoms. The number of carbonyl (C=O) groups is 1. The summed E-state index contributed by atoms with van der Waals surface area (Å²) in [6.45, 7) is 8.15. The molecule has 1 aromatic heterocycles. The van der Waals surface area contributed by atoms with Crippen molar-refractivity contribution in [2.45, 2.75) is 34.1 Å². The lowest BCUT2D eigenvalue weighted by atomic mass is 10.00. The van der Waals surface area contributed by atoms with Crippen molar-refractivity contribution in [1.29, 1.82) is 0 Å². The average molecular weight is 224 g/mol. The van der Waals surface area contributed by atoms with Gasteiger partial charge < -0.3 is 4.74 Å². The number of rotatable bonds is 4. The molecule has 4 heteroatoms. The first-order chi connectivity index (χ1) is 7.47. The van der Waals surface area contributed by atoms with Crippen LogP contribution in [0.5, 0.6) is 0 Å². The number of ether oxygens (including phenoxy) is 1. The molecule has 16 heavy (non-hydrogen) atoms. The number of hydrogen-bond donors (Lipinski definition) is 0. The lowest BCUT2D eigenvalue weighted by Gasteiger charge is -2.10. The van der Waals surface area contributed by atoms with Crippen molar-refractivity contribution in [3.63, 3.8) is 0 Å². The Bertz CT molecular complexity index is 383. The van der Waals surface area contributed by atoms with Crippen LogP contribution in [-0.2, 0) is 23.0 Å². The number of esters is 1. The fraction of sp³-hybridized carbons (Fsp3) is 0.667. The van der Waals surface area contributed by atoms with E-state index in [4.69, 9.17) is 4.74 Å². The van der Waals surface area contributed by atoms with Crippen LogP contribution in [0, 0.1) is 19.8 Å². The molecule has 0 spiro atoms. The predicted molar refractivity (Wildman–Crippen MR) is 62.2 cm³/mol. The summed E-state index contributed by atoms with van der Waals surface area (Å²) in [4.78, 5) is 11.5. The van der Waals surface area contributed by atoms with E-state index in [0.29, 0.717) is 13.0 Å². The predicted octanol–water partition coefficient (Wildman–Crippen LogP) is 1.78. The second-order valence-corrected chi connectivity index (χ2v) is 4.13. The number of hydrogen-bond acceptors (Lipinski definition) is 3. The molecule has 0 amide bonds. The lowest BCUT2D eigenvalue weighted by molar-refractivity contribution is -0.147. The zero-order valence-corrected chi connectivity index (χ0v) is 10.7. The minimum Gasteiger partial charge on any atom is -0.466 e. The van der Waals surface area contributed by atoms with Crippen LogP contribution in [0.25, 0.3) is 0 Å². The largest absolute Gasteiger partial charge is 0.466 e. The Kier molecular flexibility index (Phi) is 4.10. The molecule has 1 rings (SSSR count). The van der Waals surface area contributed by atoms with Crippen molar-refractivity contribution < 1.29 is 9.53 Å². The second-order valence-electron chi connectivity index (χ2n) is 4.13. The summed E-state index contributed by atoms with van der Waals surface area (Å²) in [6.07, 6.45) is 0.699. The number of nitrogens with zero attached hydrogens (tertiary/aromatic N) is 2. The molecule has 0 N–H and O–H groups in total. The molecule has 1 aromatic rings. The normalized spacial score (nSPS) is 12.6. The van der Waals surface area contributed by atoms with E-state index in [-0.39, 0.29) is 11.9 Å². The number of carbonyl (C=O) groups excluding carboxylic acids is 1. The molecule has 4 nitrogen and oxygen atoms in total. The number of aromatic nitrogens is 2. The molecule has 0 aliphatic heterocycles. The molecule has 0 aliphatic carbocycles. The topological polar surface area (TPSA) is 44.1 Å². The monoisotopic (exact) mass is 224 g/mol. The van der Waals surface area contributed by atoms with Gasteiger partial charge in [-0.1, -0.05) is 6.92 Å². The van der Waals surface area contributed by atoms with Crippen molar-refractivity contribution in [3.05, 3.63) is 17.0 Å². The maximum Gasteiger partial charge on any atom is 0.308 e. The highest BCUT2D eigenvalue weighted by Crippen LogP contribution is 2.17. The molecular formula is C12H20N2O2. The highest BCUT2D eigenvalue weighted by molar-refractivity contribution is 5.72. The summed E-state index contributed by atoms with van der Waals surface area (Å²) in [7, 11) is 1.92. The molecule has 0 saturated heterocycles. The van der Waals surface area contributed by atoms with Crippen LogP contribution >= 0.6 is 0 Å². The fourth-order valence-electron chi connectivity index (χ4n) is 1.79. The lowest BCUT2D eigenvalue weighted by Crippen LogP contribution is -2.17. The minimum absolute atomic E-state index is 0.110. The van der Waals surface area contributed by atoms with Crippen molar-refractivity contribution >= 4 is 5.97 Å². The smallest absolute Gasteiger partial charge is 0.308 e. The van der Waals surface area contributed by atoms with Crippen LogP contribution in [0.4, 0.5) is 0 Å². The summed E-state index contributed by atoms with van der Waals surface area (Å²) in [5.41, 5.74) is 3.27. The van der Waals surface area contributed by atoms with Gasteiger partial charge >= 0.3 is 5.97 Å². The van der Waals surface area contributed by atoms with Gasteiger partial charge in [-0.05, 0) is 32.8 Å². The van der Waals surface area contributed by atoms with Crippen LogP contribution < -0.4 is 0 Å². The summed E-state index contributed by atoms with van der Waals surface area (Å²) >= 11 is 0. The van der Waals surface area contributed by atoms with Crippen LogP contribution in [0.3, 0.4) is 0 Å². The Hall–Kier alpha value is -1.32. The van der Waals surface area contributed by atoms with Gasteiger partial charge in [0.05, 0.1) is 18.2 Å².